The van der Waals surface area contributed by atoms with Gasteiger partial charge in [0, 0.05) is 37.9 Å². The molecule has 10 nitrogen and oxygen atoms in total. The summed E-state index contributed by atoms with van der Waals surface area (Å²) in [6, 6.07) is 1.92. The Labute approximate surface area is 192 Å². The van der Waals surface area contributed by atoms with Gasteiger partial charge in [-0.25, -0.2) is 0 Å². The molecule has 4 rings (SSSR count). The molecule has 1 aliphatic rings. The number of aromatic amines is 1. The van der Waals surface area contributed by atoms with Crippen molar-refractivity contribution in [3.63, 3.8) is 0 Å². The molecule has 0 aliphatic carbocycles. The molecule has 0 spiro atoms. The molecule has 0 radical (unpaired) electrons. The molecule has 33 heavy (non-hydrogen) atoms. The Balaban J connectivity index is 1.81. The number of nitrogens with one attached hydrogen (secondary N) is 1. The van der Waals surface area contributed by atoms with Gasteiger partial charge < -0.3 is 19.9 Å². The Hall–Kier alpha value is -3.14. The van der Waals surface area contributed by atoms with Crippen molar-refractivity contribution in [1.29, 1.82) is 0 Å². The lowest BCUT2D eigenvalue weighted by molar-refractivity contribution is -0.169. The molecular weight excluding hydrogens is 422 g/mol. The number of H-pyrrole nitrogens is 1. The van der Waals surface area contributed by atoms with Crippen LogP contribution in [0, 0.1) is 11.8 Å². The summed E-state index contributed by atoms with van der Waals surface area (Å²) in [6.07, 6.45) is 1.83. The lowest BCUT2D eigenvalue weighted by Crippen LogP contribution is -2.63. The van der Waals surface area contributed by atoms with Crippen molar-refractivity contribution in [3.8, 4) is 11.3 Å². The minimum atomic E-state index is -0.629. The standard InChI is InChI=1S/C23H33N7O3/c1-12(2)14(5)30-9-15(19-18(22(30)32)20(24)26-25-19)16-8-17(28(6)27-16)23(33-7)10-29(11-23)21(31)13(3)4/h8-9,12-14H,10-11H2,1-7H3,(H3,24,25,26). The average molecular weight is 456 g/mol. The average Bonchev–Trinajstić information content (AvgIpc) is 3.31. The van der Waals surface area contributed by atoms with Crippen LogP contribution in [0.5, 0.6) is 0 Å². The van der Waals surface area contributed by atoms with E-state index in [1.807, 2.05) is 40.1 Å². The van der Waals surface area contributed by atoms with E-state index in [4.69, 9.17) is 15.6 Å². The highest BCUT2D eigenvalue weighted by Crippen LogP contribution is 2.38. The van der Waals surface area contributed by atoms with Crippen LogP contribution in [0.4, 0.5) is 5.82 Å². The fraction of sp³-hybridized carbons (Fsp3) is 0.565. The zero-order valence-corrected chi connectivity index (χ0v) is 20.3. The second-order valence-corrected chi connectivity index (χ2v) is 9.68. The number of amides is 1. The Morgan fingerprint density at radius 3 is 2.48 bits per heavy atom. The summed E-state index contributed by atoms with van der Waals surface area (Å²) in [5.74, 6) is 0.462. The van der Waals surface area contributed by atoms with Crippen LogP contribution in [0.2, 0.25) is 0 Å². The summed E-state index contributed by atoms with van der Waals surface area (Å²) in [7, 11) is 3.51. The lowest BCUT2D eigenvalue weighted by atomic mass is 9.88. The van der Waals surface area contributed by atoms with Gasteiger partial charge in [-0.1, -0.05) is 27.7 Å². The predicted molar refractivity (Wildman–Crippen MR) is 127 cm³/mol. The number of fused-ring (bicyclic) bond motifs is 1. The van der Waals surface area contributed by atoms with E-state index in [1.54, 1.807) is 21.3 Å². The SMILES string of the molecule is COC1(c2cc(-c3cn(C(C)C(C)C)c(=O)c4c(N)n[nH]c34)nn2C)CN(C(=O)C(C)C)C1. The minimum absolute atomic E-state index is 0.0364. The molecule has 3 aromatic heterocycles. The lowest BCUT2D eigenvalue weighted by Gasteiger charge is -2.49. The quantitative estimate of drug-likeness (QED) is 0.588. The first-order valence-electron chi connectivity index (χ1n) is 11.3. The van der Waals surface area contributed by atoms with Crippen LogP contribution in [0.3, 0.4) is 0 Å². The largest absolute Gasteiger partial charge is 0.382 e. The van der Waals surface area contributed by atoms with Gasteiger partial charge in [-0.05, 0) is 18.9 Å². The third-order valence-electron chi connectivity index (χ3n) is 6.90. The van der Waals surface area contributed by atoms with E-state index in [9.17, 15) is 9.59 Å². The molecule has 0 bridgehead atoms. The molecule has 1 unspecified atom stereocenters. The summed E-state index contributed by atoms with van der Waals surface area (Å²) in [5, 5.41) is 12.1. The molecule has 10 heteroatoms. The molecule has 4 heterocycles. The van der Waals surface area contributed by atoms with Gasteiger partial charge in [0.15, 0.2) is 5.82 Å². The zero-order chi connectivity index (χ0) is 24.2. The highest BCUT2D eigenvalue weighted by molar-refractivity contribution is 5.97. The van der Waals surface area contributed by atoms with E-state index in [-0.39, 0.29) is 35.2 Å². The third-order valence-corrected chi connectivity index (χ3v) is 6.90. The molecule has 3 aromatic rings. The van der Waals surface area contributed by atoms with E-state index in [2.05, 4.69) is 24.0 Å². The number of rotatable bonds is 6. The maximum atomic E-state index is 13.2. The smallest absolute Gasteiger partial charge is 0.264 e. The summed E-state index contributed by atoms with van der Waals surface area (Å²) < 4.78 is 9.39. The zero-order valence-electron chi connectivity index (χ0n) is 20.3. The molecule has 3 N–H and O–H groups in total. The molecule has 1 atom stereocenters. The van der Waals surface area contributed by atoms with Crippen LogP contribution in [0.1, 0.15) is 46.4 Å². The molecule has 1 saturated heterocycles. The number of nitrogen functional groups attached to an aromatic ring is 1. The van der Waals surface area contributed by atoms with Gasteiger partial charge >= 0.3 is 0 Å². The van der Waals surface area contributed by atoms with Crippen LogP contribution in [0.25, 0.3) is 22.2 Å². The Kier molecular flexibility index (Phi) is 5.60. The Morgan fingerprint density at radius 2 is 1.91 bits per heavy atom. The van der Waals surface area contributed by atoms with Crippen LogP contribution < -0.4 is 11.3 Å². The molecular formula is C23H33N7O3. The van der Waals surface area contributed by atoms with E-state index >= 15 is 0 Å². The fourth-order valence-electron chi connectivity index (χ4n) is 4.49. The van der Waals surface area contributed by atoms with Gasteiger partial charge in [0.25, 0.3) is 5.56 Å². The van der Waals surface area contributed by atoms with Gasteiger partial charge in [-0.15, -0.1) is 0 Å². The van der Waals surface area contributed by atoms with E-state index < -0.39 is 5.60 Å². The van der Waals surface area contributed by atoms with Crippen LogP contribution in [-0.4, -0.2) is 55.6 Å². The number of hydrogen-bond donors (Lipinski definition) is 2. The van der Waals surface area contributed by atoms with E-state index in [0.29, 0.717) is 29.7 Å². The molecule has 1 amide bonds. The number of methoxy groups -OCH3 is 1. The van der Waals surface area contributed by atoms with E-state index in [1.165, 1.54) is 0 Å². The second-order valence-electron chi connectivity index (χ2n) is 9.68. The maximum absolute atomic E-state index is 13.2. The van der Waals surface area contributed by atoms with Crippen molar-refractivity contribution in [2.45, 2.75) is 46.3 Å². The number of aryl methyl sites for hydroxylation is 1. The highest BCUT2D eigenvalue weighted by Gasteiger charge is 2.49. The van der Waals surface area contributed by atoms with Crippen molar-refractivity contribution >= 4 is 22.6 Å². The van der Waals surface area contributed by atoms with Crippen LogP contribution in [0.15, 0.2) is 17.1 Å². The number of nitrogens with zero attached hydrogens (tertiary/aromatic N) is 5. The van der Waals surface area contributed by atoms with Crippen LogP contribution in [-0.2, 0) is 22.2 Å². The Morgan fingerprint density at radius 1 is 1.24 bits per heavy atom. The molecule has 0 saturated carbocycles. The fourth-order valence-corrected chi connectivity index (χ4v) is 4.49. The summed E-state index contributed by atoms with van der Waals surface area (Å²) in [6.45, 7) is 10.9. The van der Waals surface area contributed by atoms with Gasteiger partial charge in [0.1, 0.15) is 11.0 Å². The van der Waals surface area contributed by atoms with Crippen molar-refractivity contribution < 1.29 is 9.53 Å². The maximum Gasteiger partial charge on any atom is 0.264 e. The number of carbonyl (C=O) groups excluding carboxylic acids is 1. The number of carbonyl (C=O) groups is 1. The highest BCUT2D eigenvalue weighted by atomic mass is 16.5. The van der Waals surface area contributed by atoms with Crippen molar-refractivity contribution in [1.82, 2.24) is 29.4 Å². The third kappa shape index (κ3) is 3.52. The minimum Gasteiger partial charge on any atom is -0.382 e. The number of anilines is 1. The van der Waals surface area contributed by atoms with Gasteiger partial charge in [-0.3, -0.25) is 19.4 Å². The van der Waals surface area contributed by atoms with Crippen molar-refractivity contribution in [2.75, 3.05) is 25.9 Å². The summed E-state index contributed by atoms with van der Waals surface area (Å²) >= 11 is 0. The first kappa shape index (κ1) is 23.0. The molecule has 0 aromatic carbocycles. The van der Waals surface area contributed by atoms with Crippen molar-refractivity contribution in [3.05, 3.63) is 28.3 Å². The van der Waals surface area contributed by atoms with Gasteiger partial charge in [-0.2, -0.15) is 10.2 Å². The molecule has 1 fully saturated rings. The number of ether oxygens (including phenoxy) is 1. The van der Waals surface area contributed by atoms with Gasteiger partial charge in [0.2, 0.25) is 5.91 Å². The van der Waals surface area contributed by atoms with Crippen LogP contribution >= 0.6 is 0 Å². The second kappa shape index (κ2) is 8.02. The monoisotopic (exact) mass is 455 g/mol. The number of aromatic nitrogens is 5. The Bertz CT molecular complexity index is 1260. The molecule has 1 aliphatic heterocycles. The first-order chi connectivity index (χ1) is 15.5. The number of pyridine rings is 1. The first-order valence-corrected chi connectivity index (χ1v) is 11.3. The van der Waals surface area contributed by atoms with E-state index in [0.717, 1.165) is 11.3 Å². The summed E-state index contributed by atoms with van der Waals surface area (Å²) in [4.78, 5) is 27.4. The predicted octanol–water partition coefficient (Wildman–Crippen LogP) is 2.26. The number of hydrogen-bond acceptors (Lipinski definition) is 6. The van der Waals surface area contributed by atoms with Gasteiger partial charge in [0.05, 0.1) is 30.0 Å². The topological polar surface area (TPSA) is 124 Å². The van der Waals surface area contributed by atoms with Crippen molar-refractivity contribution in [2.24, 2.45) is 18.9 Å². The normalized spacial score (nSPS) is 16.6. The number of nitrogens with two attached hydrogens (primary N) is 1. The summed E-state index contributed by atoms with van der Waals surface area (Å²) in [5.41, 5.74) is 8.09. The molecule has 178 valence electrons. The number of likely N-dealkylation sites (tertiary alicyclic amines) is 1.